The van der Waals surface area contributed by atoms with E-state index < -0.39 is 0 Å². The predicted octanol–water partition coefficient (Wildman–Crippen LogP) is 21.2. The predicted molar refractivity (Wildman–Crippen MR) is 309 cm³/mol. The number of allylic oxidation sites excluding steroid dienone is 2. The van der Waals surface area contributed by atoms with Crippen LogP contribution in [-0.4, -0.2) is 0 Å². The fourth-order valence-corrected chi connectivity index (χ4v) is 13.4. The molecule has 13 rings (SSSR count). The molecular weight excluding hydrogens is 889 g/mol. The van der Waals surface area contributed by atoms with Gasteiger partial charge in [-0.1, -0.05) is 245 Å². The highest BCUT2D eigenvalue weighted by Gasteiger charge is 2.16. The SMILES string of the molecule is C=CC=C.CC.c1ccc2c(c1)sc1c(-c3ccc(-c4ccc(-c5cccc6c5sc5c(-c7ccc(-c8ccc(-c9cccc%10c9sc9ccccc9%10)cc8)cc7)cccc56)cc4)cc3)cccc12. The maximum atomic E-state index is 3.36. The fourth-order valence-electron chi connectivity index (χ4n) is 9.59. The average Bonchev–Trinajstić information content (AvgIpc) is 4.14. The Morgan fingerprint density at radius 3 is 0.768 bits per heavy atom. The smallest absolute Gasteiger partial charge is 0.0434 e. The Morgan fingerprint density at radius 2 is 0.478 bits per heavy atom. The zero-order chi connectivity index (χ0) is 46.8. The van der Waals surface area contributed by atoms with Gasteiger partial charge in [0.2, 0.25) is 0 Å². The van der Waals surface area contributed by atoms with E-state index in [0.29, 0.717) is 0 Å². The average molecular weight is 937 g/mol. The number of thiophene rings is 3. The molecule has 0 saturated carbocycles. The summed E-state index contributed by atoms with van der Waals surface area (Å²) in [5.41, 5.74) is 15.0. The van der Waals surface area contributed by atoms with E-state index >= 15 is 0 Å². The van der Waals surface area contributed by atoms with Crippen LogP contribution in [0.4, 0.5) is 0 Å². The topological polar surface area (TPSA) is 0 Å². The minimum Gasteiger partial charge on any atom is -0.135 e. The molecule has 0 aliphatic heterocycles. The fraction of sp³-hybridized carbons (Fsp3) is 0.0303. The molecule has 13 aromatic rings. The Balaban J connectivity index is 0.000000827. The van der Waals surface area contributed by atoms with Crippen LogP contribution in [0.25, 0.3) is 127 Å². The molecule has 0 aliphatic carbocycles. The zero-order valence-electron chi connectivity index (χ0n) is 38.6. The van der Waals surface area contributed by atoms with Crippen LogP contribution in [0.15, 0.2) is 244 Å². The largest absolute Gasteiger partial charge is 0.135 e. The summed E-state index contributed by atoms with van der Waals surface area (Å²) in [6.45, 7) is 10.7. The zero-order valence-corrected chi connectivity index (χ0v) is 41.0. The molecule has 0 spiro atoms. The normalized spacial score (nSPS) is 11.2. The number of rotatable bonds is 7. The second-order valence-corrected chi connectivity index (χ2v) is 19.9. The summed E-state index contributed by atoms with van der Waals surface area (Å²) in [4.78, 5) is 0. The molecule has 0 N–H and O–H groups in total. The molecule has 0 saturated heterocycles. The van der Waals surface area contributed by atoms with Crippen molar-refractivity contribution in [3.63, 3.8) is 0 Å². The highest BCUT2D eigenvalue weighted by molar-refractivity contribution is 7.27. The van der Waals surface area contributed by atoms with Gasteiger partial charge in [0.15, 0.2) is 0 Å². The monoisotopic (exact) mass is 936 g/mol. The first kappa shape index (κ1) is 43.9. The summed E-state index contributed by atoms with van der Waals surface area (Å²) >= 11 is 5.68. The first-order valence-electron chi connectivity index (χ1n) is 23.5. The summed E-state index contributed by atoms with van der Waals surface area (Å²) in [5.74, 6) is 0. The summed E-state index contributed by atoms with van der Waals surface area (Å²) in [5, 5.41) is 7.97. The van der Waals surface area contributed by atoms with Crippen molar-refractivity contribution in [2.75, 3.05) is 0 Å². The molecule has 0 atom stereocenters. The molecule has 10 aromatic carbocycles. The van der Waals surface area contributed by atoms with Crippen molar-refractivity contribution in [3.05, 3.63) is 244 Å². The van der Waals surface area contributed by atoms with Crippen LogP contribution < -0.4 is 0 Å². The van der Waals surface area contributed by atoms with Gasteiger partial charge in [-0.15, -0.1) is 34.0 Å². The summed E-state index contributed by atoms with van der Waals surface area (Å²) in [7, 11) is 0. The minimum atomic E-state index is 1.22. The maximum absolute atomic E-state index is 3.36. The van der Waals surface area contributed by atoms with E-state index in [1.807, 2.05) is 47.9 Å². The second kappa shape index (κ2) is 19.1. The molecule has 0 nitrogen and oxygen atoms in total. The van der Waals surface area contributed by atoms with E-state index in [2.05, 4.69) is 232 Å². The molecule has 0 amide bonds. The number of benzene rings is 10. The van der Waals surface area contributed by atoms with Crippen molar-refractivity contribution in [2.24, 2.45) is 0 Å². The molecule has 0 aliphatic rings. The van der Waals surface area contributed by atoms with Gasteiger partial charge in [0, 0.05) is 60.5 Å². The molecule has 0 unspecified atom stereocenters. The Labute approximate surface area is 416 Å². The molecule has 0 bridgehead atoms. The van der Waals surface area contributed by atoms with Crippen molar-refractivity contribution in [1.82, 2.24) is 0 Å². The van der Waals surface area contributed by atoms with E-state index in [1.54, 1.807) is 12.2 Å². The first-order valence-corrected chi connectivity index (χ1v) is 26.0. The highest BCUT2D eigenvalue weighted by Crippen LogP contribution is 2.45. The first-order chi connectivity index (χ1) is 34.1. The number of hydrogen-bond acceptors (Lipinski definition) is 3. The third-order valence-electron chi connectivity index (χ3n) is 12.9. The van der Waals surface area contributed by atoms with Crippen molar-refractivity contribution in [2.45, 2.75) is 13.8 Å². The molecule has 3 aromatic heterocycles. The van der Waals surface area contributed by atoms with Crippen LogP contribution in [0.2, 0.25) is 0 Å². The number of hydrogen-bond donors (Lipinski definition) is 0. The van der Waals surface area contributed by atoms with E-state index in [4.69, 9.17) is 0 Å². The lowest BCUT2D eigenvalue weighted by atomic mass is 9.96. The van der Waals surface area contributed by atoms with Gasteiger partial charge in [0.05, 0.1) is 0 Å². The van der Waals surface area contributed by atoms with E-state index in [9.17, 15) is 0 Å². The Kier molecular flexibility index (Phi) is 12.2. The Bertz CT molecular complexity index is 3710. The van der Waals surface area contributed by atoms with Gasteiger partial charge in [-0.3, -0.25) is 0 Å². The van der Waals surface area contributed by atoms with Crippen LogP contribution >= 0.6 is 34.0 Å². The molecule has 3 heterocycles. The van der Waals surface area contributed by atoms with E-state index in [-0.39, 0.29) is 0 Å². The van der Waals surface area contributed by atoms with Crippen LogP contribution in [0, 0.1) is 0 Å². The van der Waals surface area contributed by atoms with Crippen molar-refractivity contribution in [1.29, 1.82) is 0 Å². The van der Waals surface area contributed by atoms with Crippen molar-refractivity contribution >= 4 is 94.5 Å². The third-order valence-corrected chi connectivity index (χ3v) is 16.7. The maximum Gasteiger partial charge on any atom is 0.0434 e. The number of fused-ring (bicyclic) bond motifs is 9. The molecular formula is C66H48S3. The van der Waals surface area contributed by atoms with Crippen molar-refractivity contribution in [3.8, 4) is 66.8 Å². The van der Waals surface area contributed by atoms with Gasteiger partial charge in [0.25, 0.3) is 0 Å². The van der Waals surface area contributed by atoms with Crippen LogP contribution in [0.1, 0.15) is 13.8 Å². The third kappa shape index (κ3) is 8.09. The Hall–Kier alpha value is -7.66. The van der Waals surface area contributed by atoms with Gasteiger partial charge < -0.3 is 0 Å². The minimum absolute atomic E-state index is 1.22. The van der Waals surface area contributed by atoms with Gasteiger partial charge >= 0.3 is 0 Å². The van der Waals surface area contributed by atoms with Crippen LogP contribution in [0.3, 0.4) is 0 Å². The lowest BCUT2D eigenvalue weighted by molar-refractivity contribution is 1.50. The summed E-state index contributed by atoms with van der Waals surface area (Å²) in [6, 6.07) is 80.8. The molecule has 330 valence electrons. The quantitative estimate of drug-likeness (QED) is 0.140. The molecule has 69 heavy (non-hydrogen) atoms. The van der Waals surface area contributed by atoms with Crippen molar-refractivity contribution < 1.29 is 0 Å². The standard InChI is InChI=1S/C60H36S3.C4H6.C2H6/c1-3-19-55-49(9-1)51-15-5-11-45(57(51)61-55)41-29-21-37(22-30-41)39-25-33-43(34-26-39)47-13-7-17-53-54-18-8-14-48(60(54)63-59(47)53)44-35-27-40(28-36-44)38-23-31-42(32-24-38)46-12-6-16-52-50-10-2-4-20-56(50)62-58(46)52;1-3-4-2;1-2/h1-36H;3-4H,1-2H2;1-2H3. The molecule has 0 radical (unpaired) electrons. The van der Waals surface area contributed by atoms with Crippen LogP contribution in [-0.2, 0) is 0 Å². The molecule has 3 heteroatoms. The van der Waals surface area contributed by atoms with E-state index in [1.165, 1.54) is 127 Å². The Morgan fingerprint density at radius 1 is 0.246 bits per heavy atom. The second-order valence-electron chi connectivity index (χ2n) is 16.8. The molecule has 0 fully saturated rings. The van der Waals surface area contributed by atoms with Gasteiger partial charge in [-0.2, -0.15) is 0 Å². The summed E-state index contributed by atoms with van der Waals surface area (Å²) in [6.07, 6.45) is 3.28. The van der Waals surface area contributed by atoms with Gasteiger partial charge in [0.1, 0.15) is 0 Å². The highest BCUT2D eigenvalue weighted by atomic mass is 32.1. The van der Waals surface area contributed by atoms with Gasteiger partial charge in [-0.25, -0.2) is 0 Å². The van der Waals surface area contributed by atoms with E-state index in [0.717, 1.165) is 0 Å². The lowest BCUT2D eigenvalue weighted by Crippen LogP contribution is -1.83. The lowest BCUT2D eigenvalue weighted by Gasteiger charge is -2.08. The van der Waals surface area contributed by atoms with Gasteiger partial charge in [-0.05, 0) is 78.9 Å². The summed E-state index contributed by atoms with van der Waals surface area (Å²) < 4.78 is 8.04. The van der Waals surface area contributed by atoms with Crippen LogP contribution in [0.5, 0.6) is 0 Å².